The van der Waals surface area contributed by atoms with Crippen molar-refractivity contribution in [2.45, 2.75) is 45.7 Å². The summed E-state index contributed by atoms with van der Waals surface area (Å²) in [7, 11) is 1.95. The van der Waals surface area contributed by atoms with Crippen molar-refractivity contribution in [3.8, 4) is 5.75 Å². The summed E-state index contributed by atoms with van der Waals surface area (Å²) in [5.74, 6) is 0.531. The third kappa shape index (κ3) is 6.40. The molecule has 1 aromatic rings. The first-order valence-electron chi connectivity index (χ1n) is 9.46. The maximum atomic E-state index is 12.9. The third-order valence-electron chi connectivity index (χ3n) is 4.86. The number of piperidine rings is 1. The van der Waals surface area contributed by atoms with Crippen molar-refractivity contribution >= 4 is 24.2 Å². The highest BCUT2D eigenvalue weighted by Crippen LogP contribution is 2.16. The van der Waals surface area contributed by atoms with E-state index in [1.807, 2.05) is 32.7 Å². The summed E-state index contributed by atoms with van der Waals surface area (Å²) in [6.07, 6.45) is 1.89. The van der Waals surface area contributed by atoms with Crippen LogP contribution in [-0.2, 0) is 4.79 Å². The Labute approximate surface area is 168 Å². The minimum Gasteiger partial charge on any atom is -0.494 e. The molecule has 2 amide bonds. The lowest BCUT2D eigenvalue weighted by molar-refractivity contribution is -0.135. The Morgan fingerprint density at radius 1 is 1.19 bits per heavy atom. The second-order valence-corrected chi connectivity index (χ2v) is 7.04. The smallest absolute Gasteiger partial charge is 0.251 e. The van der Waals surface area contributed by atoms with Crippen molar-refractivity contribution in [2.24, 2.45) is 5.92 Å². The highest BCUT2D eigenvalue weighted by Gasteiger charge is 2.31. The molecule has 1 heterocycles. The van der Waals surface area contributed by atoms with Gasteiger partial charge in [-0.25, -0.2) is 0 Å². The Kier molecular flexibility index (Phi) is 9.60. The van der Waals surface area contributed by atoms with Gasteiger partial charge in [0.15, 0.2) is 0 Å². The van der Waals surface area contributed by atoms with Gasteiger partial charge in [-0.15, -0.1) is 12.4 Å². The van der Waals surface area contributed by atoms with Gasteiger partial charge >= 0.3 is 0 Å². The molecular weight excluding hydrogens is 366 g/mol. The Bertz CT molecular complexity index is 599. The topological polar surface area (TPSA) is 70.7 Å². The maximum absolute atomic E-state index is 12.9. The second kappa shape index (κ2) is 11.1. The summed E-state index contributed by atoms with van der Waals surface area (Å²) < 4.78 is 5.40. The van der Waals surface area contributed by atoms with Gasteiger partial charge in [0, 0.05) is 24.7 Å². The van der Waals surface area contributed by atoms with Crippen molar-refractivity contribution in [2.75, 3.05) is 26.7 Å². The second-order valence-electron chi connectivity index (χ2n) is 7.04. The first kappa shape index (κ1) is 23.2. The van der Waals surface area contributed by atoms with Crippen LogP contribution in [0.25, 0.3) is 0 Å². The van der Waals surface area contributed by atoms with Crippen LogP contribution in [0.3, 0.4) is 0 Å². The van der Waals surface area contributed by atoms with E-state index in [0.29, 0.717) is 18.2 Å². The monoisotopic (exact) mass is 397 g/mol. The third-order valence-corrected chi connectivity index (χ3v) is 4.86. The number of nitrogens with one attached hydrogen (secondary N) is 2. The average molecular weight is 398 g/mol. The molecule has 1 unspecified atom stereocenters. The van der Waals surface area contributed by atoms with Crippen molar-refractivity contribution in [3.05, 3.63) is 29.8 Å². The quantitative estimate of drug-likeness (QED) is 0.741. The molecule has 7 heteroatoms. The maximum Gasteiger partial charge on any atom is 0.251 e. The number of amides is 2. The molecule has 1 aromatic carbocycles. The predicted molar refractivity (Wildman–Crippen MR) is 110 cm³/mol. The molecule has 1 aliphatic heterocycles. The molecule has 1 atom stereocenters. The van der Waals surface area contributed by atoms with E-state index in [9.17, 15) is 9.59 Å². The van der Waals surface area contributed by atoms with Gasteiger partial charge in [0.1, 0.15) is 11.8 Å². The molecule has 1 fully saturated rings. The number of hydrogen-bond donors (Lipinski definition) is 2. The SMILES string of the molecule is CCOc1ccc(C(=O)NC(C(=O)N2CCC(NC)CC2)C(C)C)cc1.Cl. The number of rotatable bonds is 7. The van der Waals surface area contributed by atoms with Crippen LogP contribution in [0.4, 0.5) is 0 Å². The molecule has 0 aliphatic carbocycles. The molecule has 2 N–H and O–H groups in total. The lowest BCUT2D eigenvalue weighted by Gasteiger charge is -2.35. The summed E-state index contributed by atoms with van der Waals surface area (Å²) in [6.45, 7) is 7.88. The van der Waals surface area contributed by atoms with Gasteiger partial charge in [-0.3, -0.25) is 9.59 Å². The number of hydrogen-bond acceptors (Lipinski definition) is 4. The fourth-order valence-electron chi connectivity index (χ4n) is 3.19. The summed E-state index contributed by atoms with van der Waals surface area (Å²) in [6, 6.07) is 6.94. The van der Waals surface area contributed by atoms with E-state index in [-0.39, 0.29) is 30.1 Å². The molecule has 6 nitrogen and oxygen atoms in total. The molecule has 152 valence electrons. The Hall–Kier alpha value is -1.79. The zero-order valence-corrected chi connectivity index (χ0v) is 17.5. The molecule has 1 aliphatic rings. The van der Waals surface area contributed by atoms with E-state index >= 15 is 0 Å². The highest BCUT2D eigenvalue weighted by atomic mass is 35.5. The lowest BCUT2D eigenvalue weighted by atomic mass is 9.99. The molecule has 0 aromatic heterocycles. The molecule has 0 radical (unpaired) electrons. The Morgan fingerprint density at radius 2 is 1.78 bits per heavy atom. The molecule has 0 saturated carbocycles. The summed E-state index contributed by atoms with van der Waals surface area (Å²) in [5, 5.41) is 6.18. The minimum absolute atomic E-state index is 0. The van der Waals surface area contributed by atoms with Crippen LogP contribution in [-0.4, -0.2) is 55.5 Å². The van der Waals surface area contributed by atoms with E-state index in [4.69, 9.17) is 4.74 Å². The number of carbonyl (C=O) groups is 2. The molecular formula is C20H32ClN3O3. The van der Waals surface area contributed by atoms with E-state index in [1.165, 1.54) is 0 Å². The van der Waals surface area contributed by atoms with Gasteiger partial charge in [-0.05, 0) is 57.0 Å². The summed E-state index contributed by atoms with van der Waals surface area (Å²) in [5.41, 5.74) is 0.529. The van der Waals surface area contributed by atoms with Crippen molar-refractivity contribution < 1.29 is 14.3 Å². The lowest BCUT2D eigenvalue weighted by Crippen LogP contribution is -2.54. The Morgan fingerprint density at radius 3 is 2.26 bits per heavy atom. The number of carbonyl (C=O) groups excluding carboxylic acids is 2. The molecule has 27 heavy (non-hydrogen) atoms. The molecule has 1 saturated heterocycles. The van der Waals surface area contributed by atoms with Gasteiger partial charge in [0.25, 0.3) is 5.91 Å². The van der Waals surface area contributed by atoms with Crippen LogP contribution in [0.2, 0.25) is 0 Å². The van der Waals surface area contributed by atoms with Crippen molar-refractivity contribution in [1.29, 1.82) is 0 Å². The van der Waals surface area contributed by atoms with Crippen molar-refractivity contribution in [3.63, 3.8) is 0 Å². The first-order valence-corrected chi connectivity index (χ1v) is 9.46. The number of nitrogens with zero attached hydrogens (tertiary/aromatic N) is 1. The number of ether oxygens (including phenoxy) is 1. The molecule has 0 spiro atoms. The van der Waals surface area contributed by atoms with Crippen LogP contribution < -0.4 is 15.4 Å². The normalized spacial score (nSPS) is 15.8. The van der Waals surface area contributed by atoms with E-state index in [2.05, 4.69) is 10.6 Å². The van der Waals surface area contributed by atoms with Gasteiger partial charge in [-0.2, -0.15) is 0 Å². The predicted octanol–water partition coefficient (Wildman–Crippen LogP) is 2.47. The average Bonchev–Trinajstić information content (AvgIpc) is 2.66. The highest BCUT2D eigenvalue weighted by molar-refractivity contribution is 5.97. The molecule has 0 bridgehead atoms. The van der Waals surface area contributed by atoms with Gasteiger partial charge < -0.3 is 20.3 Å². The number of benzene rings is 1. The zero-order valence-electron chi connectivity index (χ0n) is 16.7. The van der Waals surface area contributed by atoms with E-state index in [0.717, 1.165) is 31.7 Å². The Balaban J connectivity index is 0.00000364. The van der Waals surface area contributed by atoms with Gasteiger partial charge in [0.2, 0.25) is 5.91 Å². The van der Waals surface area contributed by atoms with E-state index < -0.39 is 6.04 Å². The first-order chi connectivity index (χ1) is 12.5. The van der Waals surface area contributed by atoms with Gasteiger partial charge in [0.05, 0.1) is 6.61 Å². The largest absolute Gasteiger partial charge is 0.494 e. The number of halogens is 1. The van der Waals surface area contributed by atoms with Crippen molar-refractivity contribution in [1.82, 2.24) is 15.5 Å². The zero-order chi connectivity index (χ0) is 19.1. The summed E-state index contributed by atoms with van der Waals surface area (Å²) >= 11 is 0. The van der Waals surface area contributed by atoms with Crippen LogP contribution in [0.1, 0.15) is 44.0 Å². The summed E-state index contributed by atoms with van der Waals surface area (Å²) in [4.78, 5) is 27.4. The van der Waals surface area contributed by atoms with Gasteiger partial charge in [-0.1, -0.05) is 13.8 Å². The van der Waals surface area contributed by atoms with Crippen LogP contribution in [0.15, 0.2) is 24.3 Å². The number of likely N-dealkylation sites (tertiary alicyclic amines) is 1. The van der Waals surface area contributed by atoms with Crippen LogP contribution in [0.5, 0.6) is 5.75 Å². The van der Waals surface area contributed by atoms with Crippen LogP contribution in [0, 0.1) is 5.92 Å². The van der Waals surface area contributed by atoms with Crippen LogP contribution >= 0.6 is 12.4 Å². The molecule has 2 rings (SSSR count). The standard InChI is InChI=1S/C20H31N3O3.ClH/c1-5-26-17-8-6-15(7-9-17)19(24)22-18(14(2)3)20(25)23-12-10-16(21-4)11-13-23;/h6-9,14,16,18,21H,5,10-13H2,1-4H3,(H,22,24);1H. The van der Waals surface area contributed by atoms with E-state index in [1.54, 1.807) is 24.3 Å². The fraction of sp³-hybridized carbons (Fsp3) is 0.600. The fourth-order valence-corrected chi connectivity index (χ4v) is 3.19. The minimum atomic E-state index is -0.514.